The lowest BCUT2D eigenvalue weighted by Gasteiger charge is -2.36. The van der Waals surface area contributed by atoms with Crippen molar-refractivity contribution in [3.05, 3.63) is 68.2 Å². The van der Waals surface area contributed by atoms with Crippen LogP contribution in [0.3, 0.4) is 0 Å². The Morgan fingerprint density at radius 2 is 2.06 bits per heavy atom. The second kappa shape index (κ2) is 8.61. The normalized spacial score (nSPS) is 19.8. The van der Waals surface area contributed by atoms with Crippen LogP contribution in [0.4, 0.5) is 5.00 Å². The van der Waals surface area contributed by atoms with Crippen LogP contribution in [0.5, 0.6) is 5.75 Å². The van der Waals surface area contributed by atoms with E-state index >= 15 is 0 Å². The first-order valence-corrected chi connectivity index (χ1v) is 13.1. The molecule has 33 heavy (non-hydrogen) atoms. The quantitative estimate of drug-likeness (QED) is 0.326. The van der Waals surface area contributed by atoms with Gasteiger partial charge in [0, 0.05) is 4.88 Å². The smallest absolute Gasteiger partial charge is 0.353 e. The molecule has 1 aliphatic heterocycles. The molecule has 5 nitrogen and oxygen atoms in total. The zero-order chi connectivity index (χ0) is 23.2. The number of hydrogen-bond acceptors (Lipinski definition) is 6. The van der Waals surface area contributed by atoms with E-state index in [0.29, 0.717) is 22.0 Å². The fraction of sp³-hybridized carbons (Fsp3) is 0.385. The number of anilines is 1. The molecule has 0 radical (unpaired) electrons. The summed E-state index contributed by atoms with van der Waals surface area (Å²) in [6.07, 6.45) is 3.93. The molecule has 7 heteroatoms. The van der Waals surface area contributed by atoms with Crippen LogP contribution in [0.15, 0.2) is 41.8 Å². The fourth-order valence-electron chi connectivity index (χ4n) is 4.73. The molecule has 172 valence electrons. The summed E-state index contributed by atoms with van der Waals surface area (Å²) < 4.78 is 5.54. The Labute approximate surface area is 202 Å². The van der Waals surface area contributed by atoms with Crippen molar-refractivity contribution < 1.29 is 14.3 Å². The SMILES string of the molecule is CCC(C)(C)[C@H]1CCc2c(sc3c2C(=O)N[C@@H](c2cccc(OC(=O)c4cccs4)c2)N3)C1. The summed E-state index contributed by atoms with van der Waals surface area (Å²) in [5.41, 5.74) is 3.20. The van der Waals surface area contributed by atoms with E-state index < -0.39 is 0 Å². The van der Waals surface area contributed by atoms with E-state index in [4.69, 9.17) is 4.74 Å². The highest BCUT2D eigenvalue weighted by atomic mass is 32.1. The molecule has 0 spiro atoms. The average Bonchev–Trinajstić information content (AvgIpc) is 3.47. The van der Waals surface area contributed by atoms with Crippen LogP contribution in [0, 0.1) is 11.3 Å². The van der Waals surface area contributed by atoms with Crippen LogP contribution in [0.1, 0.15) is 75.8 Å². The lowest BCUT2D eigenvalue weighted by atomic mass is 9.69. The maximum absolute atomic E-state index is 13.1. The molecule has 3 heterocycles. The van der Waals surface area contributed by atoms with Crippen LogP contribution in [0.25, 0.3) is 0 Å². The minimum absolute atomic E-state index is 0.0274. The molecule has 0 fully saturated rings. The van der Waals surface area contributed by atoms with Gasteiger partial charge < -0.3 is 15.4 Å². The van der Waals surface area contributed by atoms with Gasteiger partial charge in [-0.2, -0.15) is 0 Å². The molecule has 0 saturated carbocycles. The summed E-state index contributed by atoms with van der Waals surface area (Å²) in [6.45, 7) is 6.98. The Morgan fingerprint density at radius 1 is 1.21 bits per heavy atom. The van der Waals surface area contributed by atoms with Gasteiger partial charge in [-0.25, -0.2) is 4.79 Å². The van der Waals surface area contributed by atoms with Crippen molar-refractivity contribution in [2.45, 2.75) is 52.6 Å². The second-order valence-corrected chi connectivity index (χ2v) is 11.5. The minimum atomic E-state index is -0.374. The molecule has 5 rings (SSSR count). The van der Waals surface area contributed by atoms with Gasteiger partial charge in [-0.15, -0.1) is 22.7 Å². The monoisotopic (exact) mass is 480 g/mol. The van der Waals surface area contributed by atoms with E-state index in [1.165, 1.54) is 21.8 Å². The number of ether oxygens (including phenoxy) is 1. The molecule has 3 aromatic rings. The van der Waals surface area contributed by atoms with Crippen molar-refractivity contribution in [2.24, 2.45) is 11.3 Å². The van der Waals surface area contributed by atoms with Gasteiger partial charge >= 0.3 is 5.97 Å². The fourth-order valence-corrected chi connectivity index (χ4v) is 6.68. The minimum Gasteiger partial charge on any atom is -0.422 e. The van der Waals surface area contributed by atoms with Crippen molar-refractivity contribution in [2.75, 3.05) is 5.32 Å². The molecule has 1 aliphatic carbocycles. The van der Waals surface area contributed by atoms with Gasteiger partial charge in [0.15, 0.2) is 0 Å². The molecule has 1 aromatic carbocycles. The number of hydrogen-bond donors (Lipinski definition) is 2. The number of nitrogens with one attached hydrogen (secondary N) is 2. The first kappa shape index (κ1) is 22.2. The number of fused-ring (bicyclic) bond motifs is 3. The number of carbonyl (C=O) groups excluding carboxylic acids is 2. The predicted molar refractivity (Wildman–Crippen MR) is 133 cm³/mol. The summed E-state index contributed by atoms with van der Waals surface area (Å²) in [5, 5.41) is 9.42. The van der Waals surface area contributed by atoms with Gasteiger partial charge in [0.05, 0.1) is 5.56 Å². The number of thiophene rings is 2. The molecule has 2 N–H and O–H groups in total. The Hall–Kier alpha value is -2.64. The van der Waals surface area contributed by atoms with E-state index in [-0.39, 0.29) is 18.0 Å². The van der Waals surface area contributed by atoms with Gasteiger partial charge in [-0.05, 0) is 65.3 Å². The zero-order valence-corrected chi connectivity index (χ0v) is 20.7. The van der Waals surface area contributed by atoms with Gasteiger partial charge in [0.25, 0.3) is 5.91 Å². The Balaban J connectivity index is 1.36. The number of carbonyl (C=O) groups is 2. The van der Waals surface area contributed by atoms with Crippen molar-refractivity contribution >= 4 is 39.6 Å². The molecule has 2 aliphatic rings. The first-order chi connectivity index (χ1) is 15.9. The maximum Gasteiger partial charge on any atom is 0.353 e. The highest BCUT2D eigenvalue weighted by Gasteiger charge is 2.37. The molecule has 2 aromatic heterocycles. The maximum atomic E-state index is 13.1. The number of amides is 1. The summed E-state index contributed by atoms with van der Waals surface area (Å²) >= 11 is 3.08. The molecule has 0 saturated heterocycles. The summed E-state index contributed by atoms with van der Waals surface area (Å²) in [5.74, 6) is 0.701. The van der Waals surface area contributed by atoms with Gasteiger partial charge in [0.2, 0.25) is 0 Å². The topological polar surface area (TPSA) is 67.4 Å². The molecule has 1 amide bonds. The highest BCUT2D eigenvalue weighted by Crippen LogP contribution is 2.47. The molecular weight excluding hydrogens is 452 g/mol. The number of rotatable bonds is 5. The molecular formula is C26H28N2O3S2. The lowest BCUT2D eigenvalue weighted by Crippen LogP contribution is -2.38. The van der Waals surface area contributed by atoms with E-state index in [9.17, 15) is 9.59 Å². The highest BCUT2D eigenvalue weighted by molar-refractivity contribution is 7.16. The van der Waals surface area contributed by atoms with Crippen LogP contribution in [-0.4, -0.2) is 11.9 Å². The largest absolute Gasteiger partial charge is 0.422 e. The zero-order valence-electron chi connectivity index (χ0n) is 19.1. The van der Waals surface area contributed by atoms with Gasteiger partial charge in [0.1, 0.15) is 21.8 Å². The van der Waals surface area contributed by atoms with Crippen LogP contribution in [-0.2, 0) is 12.8 Å². The van der Waals surface area contributed by atoms with Crippen LogP contribution < -0.4 is 15.4 Å². The summed E-state index contributed by atoms with van der Waals surface area (Å²) in [4.78, 5) is 27.3. The van der Waals surface area contributed by atoms with Crippen molar-refractivity contribution in [1.29, 1.82) is 0 Å². The van der Waals surface area contributed by atoms with Crippen molar-refractivity contribution in [3.8, 4) is 5.75 Å². The third-order valence-electron chi connectivity index (χ3n) is 7.18. The van der Waals surface area contributed by atoms with Crippen LogP contribution in [0.2, 0.25) is 0 Å². The Kier molecular flexibility index (Phi) is 5.79. The number of esters is 1. The molecule has 0 bridgehead atoms. The second-order valence-electron chi connectivity index (χ2n) is 9.48. The first-order valence-electron chi connectivity index (χ1n) is 11.4. The third kappa shape index (κ3) is 4.20. The van der Waals surface area contributed by atoms with Crippen LogP contribution >= 0.6 is 22.7 Å². The summed E-state index contributed by atoms with van der Waals surface area (Å²) in [7, 11) is 0. The number of benzene rings is 1. The molecule has 0 unspecified atom stereocenters. The predicted octanol–water partition coefficient (Wildman–Crippen LogP) is 6.42. The Bertz CT molecular complexity index is 1200. The van der Waals surface area contributed by atoms with Gasteiger partial charge in [-0.1, -0.05) is 45.4 Å². The van der Waals surface area contributed by atoms with E-state index in [2.05, 4.69) is 31.4 Å². The van der Waals surface area contributed by atoms with E-state index in [0.717, 1.165) is 41.8 Å². The van der Waals surface area contributed by atoms with Crippen molar-refractivity contribution in [1.82, 2.24) is 5.32 Å². The average molecular weight is 481 g/mol. The summed E-state index contributed by atoms with van der Waals surface area (Å²) in [6, 6.07) is 10.9. The Morgan fingerprint density at radius 3 is 2.82 bits per heavy atom. The third-order valence-corrected chi connectivity index (χ3v) is 9.22. The molecule has 2 atom stereocenters. The van der Waals surface area contributed by atoms with E-state index in [1.54, 1.807) is 23.5 Å². The lowest BCUT2D eigenvalue weighted by molar-refractivity contribution is 0.0739. The van der Waals surface area contributed by atoms with Crippen molar-refractivity contribution in [3.63, 3.8) is 0 Å². The van der Waals surface area contributed by atoms with E-state index in [1.807, 2.05) is 29.6 Å². The standard InChI is InChI=1S/C26H28N2O3S2/c1-4-26(2,3)16-10-11-18-20(14-16)33-24-21(18)23(29)27-22(28-24)15-7-5-8-17(13-15)31-25(30)19-9-6-12-32-19/h5-9,12-13,16,22,28H,4,10-11,14H2,1-3H3,(H,27,29)/t16-,22+/m0/s1. The van der Waals surface area contributed by atoms with Gasteiger partial charge in [-0.3, -0.25) is 4.79 Å².